The van der Waals surface area contributed by atoms with Crippen LogP contribution in [0, 0.1) is 0 Å². The van der Waals surface area contributed by atoms with Crippen molar-refractivity contribution >= 4 is 5.78 Å². The van der Waals surface area contributed by atoms with Gasteiger partial charge in [-0.1, -0.05) is 19.1 Å². The minimum atomic E-state index is -0.00472. The fraction of sp³-hybridized carbons (Fsp3) is 0.417. The largest absolute Gasteiger partial charge is 0.496 e. The summed E-state index contributed by atoms with van der Waals surface area (Å²) in [4.78, 5) is 11.6. The lowest BCUT2D eigenvalue weighted by molar-refractivity contribution is -0.120. The SMILES string of the molecule is COc1cccc2c1C(C)C(=O)CC2. The van der Waals surface area contributed by atoms with E-state index in [0.717, 1.165) is 17.7 Å². The number of methoxy groups -OCH3 is 1. The number of Topliss-reactive ketones (excluding diaryl/α,β-unsaturated/α-hetero) is 1. The normalized spacial score (nSPS) is 20.4. The molecule has 0 fully saturated rings. The van der Waals surface area contributed by atoms with Gasteiger partial charge >= 0.3 is 0 Å². The van der Waals surface area contributed by atoms with Crippen molar-refractivity contribution in [1.82, 2.24) is 0 Å². The summed E-state index contributed by atoms with van der Waals surface area (Å²) in [6, 6.07) is 5.99. The summed E-state index contributed by atoms with van der Waals surface area (Å²) in [6.45, 7) is 1.96. The summed E-state index contributed by atoms with van der Waals surface area (Å²) in [5, 5.41) is 0. The number of benzene rings is 1. The van der Waals surface area contributed by atoms with Crippen LogP contribution in [-0.4, -0.2) is 12.9 Å². The highest BCUT2D eigenvalue weighted by Crippen LogP contribution is 2.35. The Hall–Kier alpha value is -1.31. The van der Waals surface area contributed by atoms with Crippen LogP contribution >= 0.6 is 0 Å². The molecule has 0 bridgehead atoms. The molecule has 2 nitrogen and oxygen atoms in total. The maximum Gasteiger partial charge on any atom is 0.140 e. The van der Waals surface area contributed by atoms with Crippen LogP contribution in [0.4, 0.5) is 0 Å². The molecular formula is C12H14O2. The van der Waals surface area contributed by atoms with Crippen molar-refractivity contribution in [2.75, 3.05) is 7.11 Å². The second-order valence-corrected chi connectivity index (χ2v) is 3.72. The lowest BCUT2D eigenvalue weighted by Gasteiger charge is -2.23. The fourth-order valence-electron chi connectivity index (χ4n) is 2.11. The number of ketones is 1. The third-order valence-electron chi connectivity index (χ3n) is 2.93. The summed E-state index contributed by atoms with van der Waals surface area (Å²) in [5.74, 6) is 1.17. The zero-order valence-electron chi connectivity index (χ0n) is 8.54. The Morgan fingerprint density at radius 3 is 2.86 bits per heavy atom. The first-order chi connectivity index (χ1) is 6.74. The average molecular weight is 190 g/mol. The van der Waals surface area contributed by atoms with E-state index in [4.69, 9.17) is 4.74 Å². The monoisotopic (exact) mass is 190 g/mol. The maximum absolute atomic E-state index is 11.6. The molecule has 0 saturated heterocycles. The third-order valence-corrected chi connectivity index (χ3v) is 2.93. The Labute approximate surface area is 83.9 Å². The minimum absolute atomic E-state index is 0.00472. The zero-order chi connectivity index (χ0) is 10.1. The molecule has 0 radical (unpaired) electrons. The van der Waals surface area contributed by atoms with E-state index >= 15 is 0 Å². The Balaban J connectivity index is 2.55. The number of rotatable bonds is 1. The second kappa shape index (κ2) is 3.45. The molecule has 1 aromatic carbocycles. The van der Waals surface area contributed by atoms with Gasteiger partial charge in [-0.2, -0.15) is 0 Å². The molecule has 1 atom stereocenters. The van der Waals surface area contributed by atoms with Gasteiger partial charge in [-0.05, 0) is 18.1 Å². The van der Waals surface area contributed by atoms with Crippen molar-refractivity contribution in [2.24, 2.45) is 0 Å². The van der Waals surface area contributed by atoms with Gasteiger partial charge in [0.2, 0.25) is 0 Å². The van der Waals surface area contributed by atoms with Crippen LogP contribution in [0.3, 0.4) is 0 Å². The van der Waals surface area contributed by atoms with Gasteiger partial charge in [-0.25, -0.2) is 0 Å². The molecule has 0 amide bonds. The highest BCUT2D eigenvalue weighted by molar-refractivity contribution is 5.88. The number of aryl methyl sites for hydroxylation is 1. The van der Waals surface area contributed by atoms with E-state index in [1.165, 1.54) is 5.56 Å². The van der Waals surface area contributed by atoms with Crippen LogP contribution in [0.2, 0.25) is 0 Å². The van der Waals surface area contributed by atoms with Crippen molar-refractivity contribution in [3.63, 3.8) is 0 Å². The maximum atomic E-state index is 11.6. The Morgan fingerprint density at radius 2 is 2.14 bits per heavy atom. The van der Waals surface area contributed by atoms with E-state index in [-0.39, 0.29) is 5.92 Å². The van der Waals surface area contributed by atoms with Crippen LogP contribution in [0.5, 0.6) is 5.75 Å². The molecule has 74 valence electrons. The van der Waals surface area contributed by atoms with Crippen molar-refractivity contribution in [3.05, 3.63) is 29.3 Å². The Kier molecular flexibility index (Phi) is 2.28. The number of carbonyl (C=O) groups excluding carboxylic acids is 1. The predicted octanol–water partition coefficient (Wildman–Crippen LogP) is 2.31. The fourth-order valence-corrected chi connectivity index (χ4v) is 2.11. The van der Waals surface area contributed by atoms with E-state index in [9.17, 15) is 4.79 Å². The molecule has 1 aliphatic carbocycles. The second-order valence-electron chi connectivity index (χ2n) is 3.72. The molecule has 14 heavy (non-hydrogen) atoms. The molecule has 1 unspecified atom stereocenters. The molecule has 0 spiro atoms. The van der Waals surface area contributed by atoms with Crippen LogP contribution in [-0.2, 0) is 11.2 Å². The standard InChI is InChI=1S/C12H14O2/c1-8-10(13)7-6-9-4-3-5-11(14-2)12(8)9/h3-5,8H,6-7H2,1-2H3. The van der Waals surface area contributed by atoms with Crippen molar-refractivity contribution < 1.29 is 9.53 Å². The summed E-state index contributed by atoms with van der Waals surface area (Å²) >= 11 is 0. The molecule has 2 rings (SSSR count). The molecule has 2 heteroatoms. The smallest absolute Gasteiger partial charge is 0.140 e. The topological polar surface area (TPSA) is 26.3 Å². The van der Waals surface area contributed by atoms with E-state index in [0.29, 0.717) is 12.2 Å². The van der Waals surface area contributed by atoms with E-state index in [1.807, 2.05) is 19.1 Å². The predicted molar refractivity (Wildman–Crippen MR) is 54.7 cm³/mol. The molecule has 1 aliphatic rings. The first-order valence-electron chi connectivity index (χ1n) is 4.92. The van der Waals surface area contributed by atoms with Crippen LogP contribution in [0.1, 0.15) is 30.4 Å². The molecule has 0 heterocycles. The molecule has 1 aromatic rings. The molecule has 0 aliphatic heterocycles. The van der Waals surface area contributed by atoms with Gasteiger partial charge in [0.05, 0.1) is 7.11 Å². The van der Waals surface area contributed by atoms with Gasteiger partial charge in [0, 0.05) is 17.9 Å². The highest BCUT2D eigenvalue weighted by Gasteiger charge is 2.26. The number of fused-ring (bicyclic) bond motifs is 1. The van der Waals surface area contributed by atoms with Crippen LogP contribution in [0.15, 0.2) is 18.2 Å². The zero-order valence-corrected chi connectivity index (χ0v) is 8.54. The highest BCUT2D eigenvalue weighted by atomic mass is 16.5. The van der Waals surface area contributed by atoms with Crippen LogP contribution < -0.4 is 4.74 Å². The summed E-state index contributed by atoms with van der Waals surface area (Å²) < 4.78 is 5.28. The molecular weight excluding hydrogens is 176 g/mol. The van der Waals surface area contributed by atoms with Crippen molar-refractivity contribution in [2.45, 2.75) is 25.7 Å². The van der Waals surface area contributed by atoms with Gasteiger partial charge in [0.15, 0.2) is 0 Å². The van der Waals surface area contributed by atoms with Crippen molar-refractivity contribution in [1.29, 1.82) is 0 Å². The summed E-state index contributed by atoms with van der Waals surface area (Å²) in [6.07, 6.45) is 1.52. The van der Waals surface area contributed by atoms with Gasteiger partial charge in [0.1, 0.15) is 11.5 Å². The number of hydrogen-bond acceptors (Lipinski definition) is 2. The lowest BCUT2D eigenvalue weighted by atomic mass is 9.82. The average Bonchev–Trinajstić information content (AvgIpc) is 2.23. The summed E-state index contributed by atoms with van der Waals surface area (Å²) in [7, 11) is 1.65. The molecule has 0 aromatic heterocycles. The summed E-state index contributed by atoms with van der Waals surface area (Å²) in [5.41, 5.74) is 2.35. The first kappa shape index (κ1) is 9.25. The third kappa shape index (κ3) is 1.31. The number of hydrogen-bond donors (Lipinski definition) is 0. The first-order valence-corrected chi connectivity index (χ1v) is 4.92. The van der Waals surface area contributed by atoms with E-state index in [1.54, 1.807) is 7.11 Å². The van der Waals surface area contributed by atoms with Crippen molar-refractivity contribution in [3.8, 4) is 5.75 Å². The Bertz CT molecular complexity index is 354. The van der Waals surface area contributed by atoms with Gasteiger partial charge in [-0.3, -0.25) is 4.79 Å². The molecule has 0 saturated carbocycles. The Morgan fingerprint density at radius 1 is 1.36 bits per heavy atom. The van der Waals surface area contributed by atoms with Gasteiger partial charge in [-0.15, -0.1) is 0 Å². The quantitative estimate of drug-likeness (QED) is 0.679. The van der Waals surface area contributed by atoms with E-state index < -0.39 is 0 Å². The van der Waals surface area contributed by atoms with E-state index in [2.05, 4.69) is 6.07 Å². The van der Waals surface area contributed by atoms with Gasteiger partial charge in [0.25, 0.3) is 0 Å². The van der Waals surface area contributed by atoms with Crippen LogP contribution in [0.25, 0.3) is 0 Å². The number of carbonyl (C=O) groups is 1. The minimum Gasteiger partial charge on any atom is -0.496 e. The number of ether oxygens (including phenoxy) is 1. The lowest BCUT2D eigenvalue weighted by Crippen LogP contribution is -2.18. The molecule has 0 N–H and O–H groups in total. The van der Waals surface area contributed by atoms with Gasteiger partial charge < -0.3 is 4.74 Å².